The van der Waals surface area contributed by atoms with Crippen LogP contribution in [0.25, 0.3) is 0 Å². The zero-order valence-corrected chi connectivity index (χ0v) is 12.7. The molecule has 1 amide bonds. The van der Waals surface area contributed by atoms with Crippen LogP contribution in [0, 0.1) is 17.7 Å². The van der Waals surface area contributed by atoms with Crippen molar-refractivity contribution >= 4 is 11.9 Å². The molecule has 120 valence electrons. The zero-order chi connectivity index (χ0) is 16.3. The summed E-state index contributed by atoms with van der Waals surface area (Å²) < 4.78 is 19.1. The van der Waals surface area contributed by atoms with Crippen molar-refractivity contribution in [2.24, 2.45) is 11.8 Å². The molecule has 5 nitrogen and oxygen atoms in total. The second-order valence-electron chi connectivity index (χ2n) is 5.61. The Labute approximate surface area is 128 Å². The van der Waals surface area contributed by atoms with Crippen molar-refractivity contribution in [2.45, 2.75) is 26.4 Å². The average molecular weight is 309 g/mol. The molecule has 0 aromatic heterocycles. The van der Waals surface area contributed by atoms with Crippen molar-refractivity contribution in [3.63, 3.8) is 0 Å². The molecule has 1 fully saturated rings. The third-order valence-corrected chi connectivity index (χ3v) is 3.99. The number of carbonyl (C=O) groups is 2. The van der Waals surface area contributed by atoms with Gasteiger partial charge in [-0.15, -0.1) is 0 Å². The third kappa shape index (κ3) is 3.37. The van der Waals surface area contributed by atoms with Crippen molar-refractivity contribution in [3.05, 3.63) is 30.1 Å². The molecule has 0 bridgehead atoms. The van der Waals surface area contributed by atoms with E-state index in [-0.39, 0.29) is 24.1 Å². The van der Waals surface area contributed by atoms with Crippen molar-refractivity contribution in [2.75, 3.05) is 13.1 Å². The van der Waals surface area contributed by atoms with Gasteiger partial charge < -0.3 is 14.7 Å². The van der Waals surface area contributed by atoms with Gasteiger partial charge in [-0.05, 0) is 24.5 Å². The first-order valence-electron chi connectivity index (χ1n) is 7.36. The molecule has 1 saturated heterocycles. The van der Waals surface area contributed by atoms with Crippen LogP contribution in [-0.2, 0) is 9.59 Å². The van der Waals surface area contributed by atoms with Crippen molar-refractivity contribution < 1.29 is 23.8 Å². The summed E-state index contributed by atoms with van der Waals surface area (Å²) in [5, 5.41) is 9.13. The Kier molecular flexibility index (Phi) is 5.00. The lowest BCUT2D eigenvalue weighted by Crippen LogP contribution is -2.41. The predicted octanol–water partition coefficient (Wildman–Crippen LogP) is 2.16. The van der Waals surface area contributed by atoms with Gasteiger partial charge in [0, 0.05) is 13.1 Å². The molecule has 2 rings (SSSR count). The van der Waals surface area contributed by atoms with Gasteiger partial charge in [0.05, 0.1) is 5.92 Å². The van der Waals surface area contributed by atoms with Gasteiger partial charge in [0.25, 0.3) is 5.91 Å². The van der Waals surface area contributed by atoms with Crippen LogP contribution in [-0.4, -0.2) is 41.1 Å². The minimum absolute atomic E-state index is 0.0322. The maximum absolute atomic E-state index is 13.6. The normalized spacial score (nSPS) is 22.4. The molecule has 0 radical (unpaired) electrons. The number of para-hydroxylation sites is 1. The van der Waals surface area contributed by atoms with Gasteiger partial charge >= 0.3 is 5.97 Å². The van der Waals surface area contributed by atoms with E-state index in [1.165, 1.54) is 17.0 Å². The topological polar surface area (TPSA) is 66.8 Å². The summed E-state index contributed by atoms with van der Waals surface area (Å²) in [7, 11) is 0. The van der Waals surface area contributed by atoms with Crippen LogP contribution < -0.4 is 4.74 Å². The summed E-state index contributed by atoms with van der Waals surface area (Å²) in [5.41, 5.74) is 0. The maximum Gasteiger partial charge on any atom is 0.308 e. The highest BCUT2D eigenvalue weighted by molar-refractivity contribution is 5.83. The number of rotatable bonds is 5. The number of hydrogen-bond acceptors (Lipinski definition) is 3. The van der Waals surface area contributed by atoms with Crippen molar-refractivity contribution in [1.82, 2.24) is 4.90 Å². The van der Waals surface area contributed by atoms with Gasteiger partial charge in [-0.1, -0.05) is 26.0 Å². The molecule has 22 heavy (non-hydrogen) atoms. The number of carboxylic acid groups (broad SMARTS) is 1. The Morgan fingerprint density at radius 2 is 2.09 bits per heavy atom. The van der Waals surface area contributed by atoms with Crippen LogP contribution in [0.3, 0.4) is 0 Å². The summed E-state index contributed by atoms with van der Waals surface area (Å²) in [5.74, 6) is -2.34. The van der Waals surface area contributed by atoms with Gasteiger partial charge in [0.1, 0.15) is 0 Å². The third-order valence-electron chi connectivity index (χ3n) is 3.99. The second-order valence-corrected chi connectivity index (χ2v) is 5.61. The standard InChI is InChI=1S/C16H20FNO4/c1-3-13(22-14-7-5-4-6-12(14)17)15(19)18-8-10(2)11(9-18)16(20)21/h4-7,10-11,13H,3,8-9H2,1-2H3,(H,20,21)/t10-,11-,13?/m1/s1. The minimum atomic E-state index is -0.897. The number of hydrogen-bond donors (Lipinski definition) is 1. The van der Waals surface area contributed by atoms with Crippen LogP contribution in [0.15, 0.2) is 24.3 Å². The van der Waals surface area contributed by atoms with Crippen LogP contribution in [0.5, 0.6) is 5.75 Å². The number of benzene rings is 1. The molecule has 0 spiro atoms. The Morgan fingerprint density at radius 1 is 1.41 bits per heavy atom. The Balaban J connectivity index is 2.07. The minimum Gasteiger partial charge on any atom is -0.481 e. The van der Waals surface area contributed by atoms with E-state index in [0.29, 0.717) is 13.0 Å². The molecule has 1 aliphatic rings. The average Bonchev–Trinajstić information content (AvgIpc) is 2.88. The van der Waals surface area contributed by atoms with Gasteiger partial charge in [-0.25, -0.2) is 4.39 Å². The van der Waals surface area contributed by atoms with E-state index in [1.54, 1.807) is 19.1 Å². The summed E-state index contributed by atoms with van der Waals surface area (Å²) in [6.45, 7) is 4.14. The van der Waals surface area contributed by atoms with Crippen molar-refractivity contribution in [3.8, 4) is 5.75 Å². The van der Waals surface area contributed by atoms with Gasteiger partial charge in [0.15, 0.2) is 17.7 Å². The SMILES string of the molecule is CCC(Oc1ccccc1F)C(=O)N1C[C@@H](C)[C@H](C(=O)O)C1. The predicted molar refractivity (Wildman–Crippen MR) is 78.0 cm³/mol. The molecule has 3 atom stereocenters. The van der Waals surface area contributed by atoms with E-state index >= 15 is 0 Å². The fourth-order valence-corrected chi connectivity index (χ4v) is 2.67. The van der Waals surface area contributed by atoms with Crippen LogP contribution in [0.2, 0.25) is 0 Å². The van der Waals surface area contributed by atoms with E-state index in [0.717, 1.165) is 0 Å². The summed E-state index contributed by atoms with van der Waals surface area (Å²) in [6.07, 6.45) is -0.424. The van der Waals surface area contributed by atoms with Crippen LogP contribution >= 0.6 is 0 Å². The number of aliphatic carboxylic acids is 1. The maximum atomic E-state index is 13.6. The van der Waals surface area contributed by atoms with E-state index in [2.05, 4.69) is 0 Å². The fraction of sp³-hybridized carbons (Fsp3) is 0.500. The molecule has 1 aromatic rings. The summed E-state index contributed by atoms with van der Waals surface area (Å²) >= 11 is 0. The molecule has 1 unspecified atom stereocenters. The summed E-state index contributed by atoms with van der Waals surface area (Å²) in [6, 6.07) is 5.92. The first-order chi connectivity index (χ1) is 10.4. The lowest BCUT2D eigenvalue weighted by Gasteiger charge is -2.23. The molecule has 0 saturated carbocycles. The highest BCUT2D eigenvalue weighted by atomic mass is 19.1. The van der Waals surface area contributed by atoms with E-state index in [4.69, 9.17) is 9.84 Å². The van der Waals surface area contributed by atoms with Gasteiger partial charge in [-0.3, -0.25) is 9.59 Å². The molecule has 1 N–H and O–H groups in total. The largest absolute Gasteiger partial charge is 0.481 e. The number of carboxylic acids is 1. The smallest absolute Gasteiger partial charge is 0.308 e. The number of halogens is 1. The Bertz CT molecular complexity index is 563. The molecule has 1 aliphatic heterocycles. The van der Waals surface area contributed by atoms with Gasteiger partial charge in [-0.2, -0.15) is 0 Å². The number of amides is 1. The molecule has 1 aromatic carbocycles. The molecule has 0 aliphatic carbocycles. The van der Waals surface area contributed by atoms with Crippen LogP contribution in [0.4, 0.5) is 4.39 Å². The molecular weight excluding hydrogens is 289 g/mol. The van der Waals surface area contributed by atoms with Gasteiger partial charge in [0.2, 0.25) is 0 Å². The Morgan fingerprint density at radius 3 is 2.64 bits per heavy atom. The molecule has 1 heterocycles. The van der Waals surface area contributed by atoms with E-state index < -0.39 is 23.8 Å². The lowest BCUT2D eigenvalue weighted by atomic mass is 9.99. The summed E-state index contributed by atoms with van der Waals surface area (Å²) in [4.78, 5) is 25.1. The second kappa shape index (κ2) is 6.77. The highest BCUT2D eigenvalue weighted by Crippen LogP contribution is 2.25. The highest BCUT2D eigenvalue weighted by Gasteiger charge is 2.39. The van der Waals surface area contributed by atoms with Crippen LogP contribution in [0.1, 0.15) is 20.3 Å². The number of nitrogens with zero attached hydrogens (tertiary/aromatic N) is 1. The zero-order valence-electron chi connectivity index (χ0n) is 12.7. The lowest BCUT2D eigenvalue weighted by molar-refractivity contribution is -0.142. The monoisotopic (exact) mass is 309 g/mol. The van der Waals surface area contributed by atoms with Crippen molar-refractivity contribution in [1.29, 1.82) is 0 Å². The fourth-order valence-electron chi connectivity index (χ4n) is 2.67. The first kappa shape index (κ1) is 16.3. The molecule has 6 heteroatoms. The first-order valence-corrected chi connectivity index (χ1v) is 7.36. The number of likely N-dealkylation sites (tertiary alicyclic amines) is 1. The Hall–Kier alpha value is -2.11. The number of ether oxygens (including phenoxy) is 1. The van der Waals surface area contributed by atoms with E-state index in [9.17, 15) is 14.0 Å². The quantitative estimate of drug-likeness (QED) is 0.905. The van der Waals surface area contributed by atoms with E-state index in [1.807, 2.05) is 6.92 Å². The molecular formula is C16H20FNO4. The number of carbonyl (C=O) groups excluding carboxylic acids is 1.